The maximum atomic E-state index is 12.9. The summed E-state index contributed by atoms with van der Waals surface area (Å²) in [6.45, 7) is 2.79. The molecule has 0 fully saturated rings. The SMILES string of the molecule is CC(NC(=O)CN(C)Cc1ccc(F)cc1)c1ccc(Cl)cc1. The number of likely N-dealkylation sites (N-methyl/N-ethyl adjacent to an activating group) is 1. The van der Waals surface area contributed by atoms with Crippen molar-refractivity contribution in [2.45, 2.75) is 19.5 Å². The van der Waals surface area contributed by atoms with Gasteiger partial charge in [0.25, 0.3) is 0 Å². The lowest BCUT2D eigenvalue weighted by Crippen LogP contribution is -2.36. The molecule has 5 heteroatoms. The Hall–Kier alpha value is -1.91. The van der Waals surface area contributed by atoms with Gasteiger partial charge in [-0.2, -0.15) is 0 Å². The Morgan fingerprint density at radius 1 is 1.17 bits per heavy atom. The molecule has 0 saturated heterocycles. The first-order valence-electron chi connectivity index (χ1n) is 7.42. The Morgan fingerprint density at radius 3 is 2.39 bits per heavy atom. The van der Waals surface area contributed by atoms with Crippen LogP contribution < -0.4 is 5.32 Å². The van der Waals surface area contributed by atoms with E-state index in [0.717, 1.165) is 11.1 Å². The molecule has 0 aliphatic rings. The number of nitrogens with one attached hydrogen (secondary N) is 1. The van der Waals surface area contributed by atoms with Crippen LogP contribution in [0.25, 0.3) is 0 Å². The number of halogens is 2. The highest BCUT2D eigenvalue weighted by Gasteiger charge is 2.12. The van der Waals surface area contributed by atoms with Crippen LogP contribution in [0, 0.1) is 5.82 Å². The van der Waals surface area contributed by atoms with Gasteiger partial charge in [-0.25, -0.2) is 4.39 Å². The van der Waals surface area contributed by atoms with Gasteiger partial charge in [-0.3, -0.25) is 9.69 Å². The zero-order valence-corrected chi connectivity index (χ0v) is 14.0. The first kappa shape index (κ1) is 17.4. The summed E-state index contributed by atoms with van der Waals surface area (Å²) in [4.78, 5) is 14.0. The van der Waals surface area contributed by atoms with E-state index in [1.807, 2.05) is 31.0 Å². The molecule has 23 heavy (non-hydrogen) atoms. The van der Waals surface area contributed by atoms with Crippen molar-refractivity contribution in [2.24, 2.45) is 0 Å². The van der Waals surface area contributed by atoms with Crippen LogP contribution in [0.4, 0.5) is 4.39 Å². The van der Waals surface area contributed by atoms with E-state index >= 15 is 0 Å². The normalized spacial score (nSPS) is 12.2. The highest BCUT2D eigenvalue weighted by Crippen LogP contribution is 2.16. The van der Waals surface area contributed by atoms with Crippen molar-refractivity contribution in [1.29, 1.82) is 0 Å². The van der Waals surface area contributed by atoms with Crippen LogP contribution in [0.1, 0.15) is 24.1 Å². The summed E-state index contributed by atoms with van der Waals surface area (Å²) in [5, 5.41) is 3.63. The van der Waals surface area contributed by atoms with Gasteiger partial charge in [0, 0.05) is 11.6 Å². The lowest BCUT2D eigenvalue weighted by molar-refractivity contribution is -0.122. The van der Waals surface area contributed by atoms with Crippen molar-refractivity contribution < 1.29 is 9.18 Å². The van der Waals surface area contributed by atoms with Gasteiger partial charge < -0.3 is 5.32 Å². The molecule has 1 amide bonds. The average molecular weight is 335 g/mol. The molecule has 0 spiro atoms. The van der Waals surface area contributed by atoms with Crippen molar-refractivity contribution in [3.63, 3.8) is 0 Å². The van der Waals surface area contributed by atoms with Crippen LogP contribution in [-0.4, -0.2) is 24.4 Å². The first-order valence-corrected chi connectivity index (χ1v) is 7.79. The van der Waals surface area contributed by atoms with Crippen molar-refractivity contribution in [3.8, 4) is 0 Å². The summed E-state index contributed by atoms with van der Waals surface area (Å²) in [5.74, 6) is -0.317. The van der Waals surface area contributed by atoms with Crippen LogP contribution in [0.5, 0.6) is 0 Å². The predicted octanol–water partition coefficient (Wildman–Crippen LogP) is 3.79. The molecule has 122 valence electrons. The molecular weight excluding hydrogens is 315 g/mol. The predicted molar refractivity (Wildman–Crippen MR) is 90.7 cm³/mol. The second kappa shape index (κ2) is 8.09. The molecule has 1 atom stereocenters. The molecule has 1 N–H and O–H groups in total. The standard InChI is InChI=1S/C18H20ClFN2O/c1-13(15-5-7-16(19)8-6-15)21-18(23)12-22(2)11-14-3-9-17(20)10-4-14/h3-10,13H,11-12H2,1-2H3,(H,21,23). The fourth-order valence-corrected chi connectivity index (χ4v) is 2.45. The van der Waals surface area contributed by atoms with Crippen LogP contribution in [-0.2, 0) is 11.3 Å². The van der Waals surface area contributed by atoms with Gasteiger partial charge in [0.2, 0.25) is 5.91 Å². The summed E-state index contributed by atoms with van der Waals surface area (Å²) in [5.41, 5.74) is 1.97. The van der Waals surface area contributed by atoms with Crippen molar-refractivity contribution >= 4 is 17.5 Å². The largest absolute Gasteiger partial charge is 0.348 e. The average Bonchev–Trinajstić information content (AvgIpc) is 2.50. The van der Waals surface area contributed by atoms with Crippen LogP contribution in [0.3, 0.4) is 0 Å². The summed E-state index contributed by atoms with van der Waals surface area (Å²) >= 11 is 5.86. The minimum Gasteiger partial charge on any atom is -0.348 e. The molecule has 0 aromatic heterocycles. The topological polar surface area (TPSA) is 32.3 Å². The van der Waals surface area contributed by atoms with Crippen LogP contribution in [0.15, 0.2) is 48.5 Å². The van der Waals surface area contributed by atoms with E-state index in [0.29, 0.717) is 11.6 Å². The molecule has 0 radical (unpaired) electrons. The first-order chi connectivity index (χ1) is 10.9. The number of amides is 1. The highest BCUT2D eigenvalue weighted by atomic mass is 35.5. The maximum Gasteiger partial charge on any atom is 0.234 e. The monoisotopic (exact) mass is 334 g/mol. The second-order valence-corrected chi connectivity index (χ2v) is 6.08. The third kappa shape index (κ3) is 5.66. The molecule has 0 heterocycles. The van der Waals surface area contributed by atoms with E-state index in [2.05, 4.69) is 5.32 Å². The summed E-state index contributed by atoms with van der Waals surface area (Å²) < 4.78 is 12.9. The number of hydrogen-bond donors (Lipinski definition) is 1. The summed E-state index contributed by atoms with van der Waals surface area (Å²) in [6, 6.07) is 13.6. The highest BCUT2D eigenvalue weighted by molar-refractivity contribution is 6.30. The van der Waals surface area contributed by atoms with Crippen molar-refractivity contribution in [1.82, 2.24) is 10.2 Å². The van der Waals surface area contributed by atoms with E-state index in [-0.39, 0.29) is 24.3 Å². The molecule has 0 aliphatic heterocycles. The smallest absolute Gasteiger partial charge is 0.234 e. The summed E-state index contributed by atoms with van der Waals surface area (Å²) in [7, 11) is 1.86. The zero-order valence-electron chi connectivity index (χ0n) is 13.2. The molecule has 0 bridgehead atoms. The van der Waals surface area contributed by atoms with Crippen molar-refractivity contribution in [2.75, 3.05) is 13.6 Å². The molecule has 3 nitrogen and oxygen atoms in total. The Morgan fingerprint density at radius 2 is 1.78 bits per heavy atom. The molecule has 2 aromatic rings. The maximum absolute atomic E-state index is 12.9. The van der Waals surface area contributed by atoms with Gasteiger partial charge >= 0.3 is 0 Å². The van der Waals surface area contributed by atoms with Gasteiger partial charge in [-0.1, -0.05) is 35.9 Å². The number of carbonyl (C=O) groups is 1. The Balaban J connectivity index is 1.83. The van der Waals surface area contributed by atoms with Crippen LogP contribution in [0.2, 0.25) is 5.02 Å². The van der Waals surface area contributed by atoms with Gasteiger partial charge in [0.1, 0.15) is 5.82 Å². The molecular formula is C18H20ClFN2O. The number of rotatable bonds is 6. The molecule has 0 saturated carbocycles. The van der Waals surface area contributed by atoms with E-state index in [9.17, 15) is 9.18 Å². The Kier molecular flexibility index (Phi) is 6.13. The Labute approximate surface area is 141 Å². The third-order valence-corrected chi connectivity index (χ3v) is 3.78. The lowest BCUT2D eigenvalue weighted by atomic mass is 10.1. The van der Waals surface area contributed by atoms with E-state index in [1.54, 1.807) is 24.3 Å². The quantitative estimate of drug-likeness (QED) is 0.871. The van der Waals surface area contributed by atoms with E-state index in [1.165, 1.54) is 12.1 Å². The molecule has 2 aromatic carbocycles. The minimum absolute atomic E-state index is 0.0583. The van der Waals surface area contributed by atoms with Gasteiger partial charge in [-0.15, -0.1) is 0 Å². The van der Waals surface area contributed by atoms with E-state index in [4.69, 9.17) is 11.6 Å². The zero-order chi connectivity index (χ0) is 16.8. The Bertz CT molecular complexity index is 643. The molecule has 0 aliphatic carbocycles. The number of benzene rings is 2. The van der Waals surface area contributed by atoms with Crippen molar-refractivity contribution in [3.05, 3.63) is 70.5 Å². The second-order valence-electron chi connectivity index (χ2n) is 5.64. The van der Waals surface area contributed by atoms with Gasteiger partial charge in [0.15, 0.2) is 0 Å². The fourth-order valence-electron chi connectivity index (χ4n) is 2.32. The molecule has 2 rings (SSSR count). The van der Waals surface area contributed by atoms with E-state index < -0.39 is 0 Å². The summed E-state index contributed by atoms with van der Waals surface area (Å²) in [6.07, 6.45) is 0. The third-order valence-electron chi connectivity index (χ3n) is 3.53. The lowest BCUT2D eigenvalue weighted by Gasteiger charge is -2.19. The fraction of sp³-hybridized carbons (Fsp3) is 0.278. The van der Waals surface area contributed by atoms with Crippen LogP contribution >= 0.6 is 11.6 Å². The van der Waals surface area contributed by atoms with Gasteiger partial charge in [0.05, 0.1) is 12.6 Å². The minimum atomic E-state index is -0.258. The number of carbonyl (C=O) groups excluding carboxylic acids is 1. The number of nitrogens with zero attached hydrogens (tertiary/aromatic N) is 1. The number of hydrogen-bond acceptors (Lipinski definition) is 2. The molecule has 1 unspecified atom stereocenters. The van der Waals surface area contributed by atoms with Gasteiger partial charge in [-0.05, 0) is 49.4 Å².